The van der Waals surface area contributed by atoms with E-state index >= 15 is 0 Å². The number of hydrogen-bond donors (Lipinski definition) is 1. The van der Waals surface area contributed by atoms with E-state index in [1.807, 2.05) is 0 Å². The lowest BCUT2D eigenvalue weighted by Crippen LogP contribution is -2.11. The summed E-state index contributed by atoms with van der Waals surface area (Å²) in [6, 6.07) is 6.57. The highest BCUT2D eigenvalue weighted by atomic mass is 19.4. The van der Waals surface area contributed by atoms with Gasteiger partial charge in [-0.2, -0.15) is 13.2 Å². The van der Waals surface area contributed by atoms with E-state index in [4.69, 9.17) is 10.5 Å². The molecule has 1 aliphatic rings. The zero-order chi connectivity index (χ0) is 17.5. The van der Waals surface area contributed by atoms with Gasteiger partial charge >= 0.3 is 6.18 Å². The normalized spacial score (nSPS) is 13.0. The van der Waals surface area contributed by atoms with E-state index in [0.29, 0.717) is 22.3 Å². The van der Waals surface area contributed by atoms with Crippen LogP contribution in [0.15, 0.2) is 35.3 Å². The Morgan fingerprint density at radius 2 is 1.96 bits per heavy atom. The van der Waals surface area contributed by atoms with E-state index < -0.39 is 17.6 Å². The quantitative estimate of drug-likeness (QED) is 0.935. The molecule has 7 heteroatoms. The van der Waals surface area contributed by atoms with Gasteiger partial charge in [-0.3, -0.25) is 9.79 Å². The lowest BCUT2D eigenvalue weighted by molar-refractivity contribution is -0.137. The molecular weight excluding hydrogens is 321 g/mol. The number of carbonyl (C=O) groups is 1. The second-order valence-corrected chi connectivity index (χ2v) is 5.34. The molecule has 0 aromatic heterocycles. The molecule has 0 fully saturated rings. The molecule has 0 saturated heterocycles. The van der Waals surface area contributed by atoms with Gasteiger partial charge in [0.25, 0.3) is 0 Å². The Hall–Kier alpha value is -2.83. The number of primary amides is 1. The van der Waals surface area contributed by atoms with Gasteiger partial charge in [0.15, 0.2) is 0 Å². The van der Waals surface area contributed by atoms with Crippen LogP contribution in [-0.4, -0.2) is 19.2 Å². The first-order chi connectivity index (χ1) is 11.3. The number of aliphatic imine (C=N–C) groups is 1. The summed E-state index contributed by atoms with van der Waals surface area (Å²) in [5.41, 5.74) is 6.62. The average Bonchev–Trinajstić information content (AvgIpc) is 3.01. The molecule has 0 bridgehead atoms. The monoisotopic (exact) mass is 334 g/mol. The van der Waals surface area contributed by atoms with Crippen molar-refractivity contribution in [2.24, 2.45) is 10.7 Å². The van der Waals surface area contributed by atoms with Gasteiger partial charge in [0.05, 0.1) is 19.2 Å². The summed E-state index contributed by atoms with van der Waals surface area (Å²) >= 11 is 0. The third-order valence-electron chi connectivity index (χ3n) is 3.85. The molecule has 0 aliphatic carbocycles. The van der Waals surface area contributed by atoms with Crippen LogP contribution in [0.25, 0.3) is 11.1 Å². The molecular formula is C17H13F3N2O2. The molecule has 1 aliphatic heterocycles. The van der Waals surface area contributed by atoms with Gasteiger partial charge in [-0.1, -0.05) is 0 Å². The molecule has 2 aromatic carbocycles. The first-order valence-electron chi connectivity index (χ1n) is 7.03. The van der Waals surface area contributed by atoms with Crippen molar-refractivity contribution in [3.8, 4) is 16.9 Å². The molecule has 3 rings (SSSR count). The van der Waals surface area contributed by atoms with E-state index in [0.717, 1.165) is 12.1 Å². The first-order valence-corrected chi connectivity index (χ1v) is 7.03. The van der Waals surface area contributed by atoms with Gasteiger partial charge in [0.1, 0.15) is 5.75 Å². The third-order valence-corrected chi connectivity index (χ3v) is 3.85. The number of methoxy groups -OCH3 is 1. The van der Waals surface area contributed by atoms with E-state index in [2.05, 4.69) is 4.99 Å². The minimum absolute atomic E-state index is 0.202. The molecule has 2 aromatic rings. The van der Waals surface area contributed by atoms with Crippen molar-refractivity contribution in [2.75, 3.05) is 7.11 Å². The van der Waals surface area contributed by atoms with E-state index in [1.54, 1.807) is 6.21 Å². The minimum Gasteiger partial charge on any atom is -0.496 e. The molecule has 0 atom stereocenters. The molecule has 1 heterocycles. The Labute approximate surface area is 135 Å². The van der Waals surface area contributed by atoms with Gasteiger partial charge in [-0.05, 0) is 41.5 Å². The first kappa shape index (κ1) is 16.0. The third kappa shape index (κ3) is 2.73. The Bertz CT molecular complexity index is 858. The SMILES string of the molecule is COc1cc(C(N)=O)ccc1-c1cc(C(F)(F)F)cc2c1C=NC2. The second-order valence-electron chi connectivity index (χ2n) is 5.34. The van der Waals surface area contributed by atoms with Gasteiger partial charge in [-0.15, -0.1) is 0 Å². The van der Waals surface area contributed by atoms with Crippen molar-refractivity contribution in [3.63, 3.8) is 0 Å². The van der Waals surface area contributed by atoms with Crippen molar-refractivity contribution in [3.05, 3.63) is 52.6 Å². The van der Waals surface area contributed by atoms with Crippen LogP contribution in [0.4, 0.5) is 13.2 Å². The molecule has 1 amide bonds. The van der Waals surface area contributed by atoms with Crippen molar-refractivity contribution in [1.29, 1.82) is 0 Å². The standard InChI is InChI=1S/C17H13F3N2O2/c1-24-15-5-9(16(21)23)2-3-12(15)13-6-11(17(18,19)20)4-10-7-22-8-14(10)13/h2-6,8H,7H2,1H3,(H2,21,23). The van der Waals surface area contributed by atoms with Crippen LogP contribution in [0, 0.1) is 0 Å². The summed E-state index contributed by atoms with van der Waals surface area (Å²) in [4.78, 5) is 15.3. The van der Waals surface area contributed by atoms with Crippen LogP contribution in [0.2, 0.25) is 0 Å². The molecule has 0 saturated carbocycles. The number of carbonyl (C=O) groups excluding carboxylic acids is 1. The zero-order valence-electron chi connectivity index (χ0n) is 12.6. The fourth-order valence-corrected chi connectivity index (χ4v) is 2.69. The predicted octanol–water partition coefficient (Wildman–Crippen LogP) is 3.41. The predicted molar refractivity (Wildman–Crippen MR) is 83.2 cm³/mol. The lowest BCUT2D eigenvalue weighted by Gasteiger charge is -2.16. The zero-order valence-corrected chi connectivity index (χ0v) is 12.6. The van der Waals surface area contributed by atoms with Crippen molar-refractivity contribution >= 4 is 12.1 Å². The maximum absolute atomic E-state index is 13.2. The van der Waals surface area contributed by atoms with Crippen LogP contribution in [0.1, 0.15) is 27.0 Å². The van der Waals surface area contributed by atoms with Crippen LogP contribution >= 0.6 is 0 Å². The summed E-state index contributed by atoms with van der Waals surface area (Å²) in [5, 5.41) is 0. The number of rotatable bonds is 3. The number of nitrogens with two attached hydrogens (primary N) is 1. The number of hydrogen-bond acceptors (Lipinski definition) is 3. The van der Waals surface area contributed by atoms with Crippen LogP contribution < -0.4 is 10.5 Å². The number of fused-ring (bicyclic) bond motifs is 1. The number of halogens is 3. The van der Waals surface area contributed by atoms with Crippen molar-refractivity contribution in [2.45, 2.75) is 12.7 Å². The number of ether oxygens (including phenoxy) is 1. The summed E-state index contributed by atoms with van der Waals surface area (Å²) in [7, 11) is 1.38. The van der Waals surface area contributed by atoms with Gasteiger partial charge in [-0.25, -0.2) is 0 Å². The summed E-state index contributed by atoms with van der Waals surface area (Å²) in [6.07, 6.45) is -2.92. The average molecular weight is 334 g/mol. The van der Waals surface area contributed by atoms with Gasteiger partial charge < -0.3 is 10.5 Å². The minimum atomic E-state index is -4.47. The van der Waals surface area contributed by atoms with E-state index in [9.17, 15) is 18.0 Å². The van der Waals surface area contributed by atoms with Crippen molar-refractivity contribution < 1.29 is 22.7 Å². The van der Waals surface area contributed by atoms with E-state index in [-0.39, 0.29) is 17.9 Å². The van der Waals surface area contributed by atoms with Gasteiger partial charge in [0, 0.05) is 22.9 Å². The van der Waals surface area contributed by atoms with Crippen LogP contribution in [0.5, 0.6) is 5.75 Å². The Kier molecular flexibility index (Phi) is 3.79. The second kappa shape index (κ2) is 5.67. The number of nitrogens with zero attached hydrogens (tertiary/aromatic N) is 1. The Morgan fingerprint density at radius 1 is 1.21 bits per heavy atom. The highest BCUT2D eigenvalue weighted by molar-refractivity contribution is 5.98. The Morgan fingerprint density at radius 3 is 2.58 bits per heavy atom. The number of amides is 1. The fourth-order valence-electron chi connectivity index (χ4n) is 2.69. The van der Waals surface area contributed by atoms with Crippen molar-refractivity contribution in [1.82, 2.24) is 0 Å². The molecule has 0 spiro atoms. The van der Waals surface area contributed by atoms with Gasteiger partial charge in [0.2, 0.25) is 5.91 Å². The molecule has 24 heavy (non-hydrogen) atoms. The highest BCUT2D eigenvalue weighted by Gasteiger charge is 2.33. The molecule has 0 unspecified atom stereocenters. The van der Waals surface area contributed by atoms with E-state index in [1.165, 1.54) is 25.3 Å². The lowest BCUT2D eigenvalue weighted by atomic mass is 9.93. The maximum Gasteiger partial charge on any atom is 0.416 e. The highest BCUT2D eigenvalue weighted by Crippen LogP contribution is 2.40. The fraction of sp³-hybridized carbons (Fsp3) is 0.176. The van der Waals surface area contributed by atoms with Crippen LogP contribution in [0.3, 0.4) is 0 Å². The molecule has 4 nitrogen and oxygen atoms in total. The smallest absolute Gasteiger partial charge is 0.416 e. The largest absolute Gasteiger partial charge is 0.496 e. The van der Waals surface area contributed by atoms with Crippen LogP contribution in [-0.2, 0) is 12.7 Å². The summed E-state index contributed by atoms with van der Waals surface area (Å²) in [6.45, 7) is 0.202. The number of alkyl halides is 3. The topological polar surface area (TPSA) is 64.7 Å². The maximum atomic E-state index is 13.2. The summed E-state index contributed by atoms with van der Waals surface area (Å²) in [5.74, 6) is -0.371. The molecule has 2 N–H and O–H groups in total. The Balaban J connectivity index is 2.24. The molecule has 124 valence electrons. The summed E-state index contributed by atoms with van der Waals surface area (Å²) < 4.78 is 44.8. The number of benzene rings is 2. The molecule has 0 radical (unpaired) electrons.